The standard InChI is InChI=1S/C23H23IO2P/c1-3-22(23(25)26-2)18-14-16-21(17-15-18)27(24,19-10-6-4-7-11-19)20-12-8-5-9-13-20/h4-17,22H,3H2,1-2H3/q+1. The van der Waals surface area contributed by atoms with E-state index in [1.807, 2.05) is 6.92 Å². The molecule has 0 spiro atoms. The smallest absolute Gasteiger partial charge is 0.313 e. The van der Waals surface area contributed by atoms with Crippen LogP contribution in [0.3, 0.4) is 0 Å². The maximum Gasteiger partial charge on any atom is 0.313 e. The van der Waals surface area contributed by atoms with Gasteiger partial charge in [0.1, 0.15) is 15.9 Å². The molecule has 1 unspecified atom stereocenters. The predicted molar refractivity (Wildman–Crippen MR) is 124 cm³/mol. The Kier molecular flexibility index (Phi) is 6.67. The fraction of sp³-hybridized carbons (Fsp3) is 0.174. The summed E-state index contributed by atoms with van der Waals surface area (Å²) in [6, 6.07) is 29.9. The molecule has 4 heteroatoms. The summed E-state index contributed by atoms with van der Waals surface area (Å²) >= 11 is 2.65. The van der Waals surface area contributed by atoms with Crippen LogP contribution in [0, 0.1) is 0 Å². The van der Waals surface area contributed by atoms with Crippen molar-refractivity contribution < 1.29 is 9.53 Å². The molecule has 3 aromatic carbocycles. The molecule has 27 heavy (non-hydrogen) atoms. The lowest BCUT2D eigenvalue weighted by Crippen LogP contribution is -2.26. The zero-order valence-corrected chi connectivity index (χ0v) is 18.6. The van der Waals surface area contributed by atoms with Crippen molar-refractivity contribution in [3.63, 3.8) is 0 Å². The molecular formula is C23H23IO2P+. The third kappa shape index (κ3) is 4.09. The highest BCUT2D eigenvalue weighted by Crippen LogP contribution is 2.63. The van der Waals surface area contributed by atoms with Gasteiger partial charge in [-0.15, -0.1) is 0 Å². The molecule has 0 aromatic heterocycles. The predicted octanol–water partition coefficient (Wildman–Crippen LogP) is 5.00. The Morgan fingerprint density at radius 3 is 1.70 bits per heavy atom. The molecule has 0 amide bonds. The topological polar surface area (TPSA) is 26.3 Å². The van der Waals surface area contributed by atoms with Crippen molar-refractivity contribution >= 4 is 48.8 Å². The molecule has 0 aliphatic rings. The Morgan fingerprint density at radius 1 is 0.852 bits per heavy atom. The molecule has 1 atom stereocenters. The van der Waals surface area contributed by atoms with Crippen molar-refractivity contribution in [2.75, 3.05) is 7.11 Å². The van der Waals surface area contributed by atoms with Gasteiger partial charge in [-0.05, 0) is 48.4 Å². The summed E-state index contributed by atoms with van der Waals surface area (Å²) in [7, 11) is 1.45. The zero-order chi connectivity index (χ0) is 19.3. The SMILES string of the molecule is CCC(C(=O)OC)c1ccc([P+](I)(c2ccccc2)c2ccccc2)cc1. The van der Waals surface area contributed by atoms with Crippen molar-refractivity contribution in [2.45, 2.75) is 19.3 Å². The summed E-state index contributed by atoms with van der Waals surface area (Å²) in [6.45, 7) is 2.01. The fourth-order valence-electron chi connectivity index (χ4n) is 3.31. The number of ether oxygens (including phenoxy) is 1. The molecule has 3 rings (SSSR count). The first-order valence-electron chi connectivity index (χ1n) is 8.99. The number of hydrogen-bond acceptors (Lipinski definition) is 2. The highest BCUT2D eigenvalue weighted by molar-refractivity contribution is 14.2. The number of halogens is 1. The van der Waals surface area contributed by atoms with E-state index in [0.29, 0.717) is 0 Å². The average Bonchev–Trinajstić information content (AvgIpc) is 2.75. The molecule has 0 bridgehead atoms. The maximum absolute atomic E-state index is 12.1. The Labute approximate surface area is 174 Å². The van der Waals surface area contributed by atoms with Crippen LogP contribution in [-0.2, 0) is 9.53 Å². The Morgan fingerprint density at radius 2 is 1.30 bits per heavy atom. The summed E-state index contributed by atoms with van der Waals surface area (Å²) < 4.78 is 4.96. The van der Waals surface area contributed by atoms with E-state index in [2.05, 4.69) is 107 Å². The second kappa shape index (κ2) is 8.99. The van der Waals surface area contributed by atoms with Crippen molar-refractivity contribution in [2.24, 2.45) is 0 Å². The average molecular weight is 489 g/mol. The van der Waals surface area contributed by atoms with Crippen LogP contribution >= 0.6 is 26.9 Å². The van der Waals surface area contributed by atoms with Crippen LogP contribution in [0.1, 0.15) is 24.8 Å². The minimum absolute atomic E-state index is 0.174. The summed E-state index contributed by atoms with van der Waals surface area (Å²) in [5, 5.41) is 3.97. The van der Waals surface area contributed by atoms with Gasteiger partial charge in [-0.1, -0.05) is 55.5 Å². The first kappa shape index (κ1) is 20.0. The number of rotatable bonds is 6. The first-order chi connectivity index (χ1) is 13.1. The van der Waals surface area contributed by atoms with Crippen LogP contribution in [0.4, 0.5) is 0 Å². The molecule has 0 heterocycles. The van der Waals surface area contributed by atoms with Gasteiger partial charge in [-0.25, -0.2) is 0 Å². The lowest BCUT2D eigenvalue weighted by molar-refractivity contribution is -0.142. The van der Waals surface area contributed by atoms with E-state index in [1.54, 1.807) is 0 Å². The normalized spacial score (nSPS) is 12.4. The van der Waals surface area contributed by atoms with E-state index in [9.17, 15) is 4.79 Å². The van der Waals surface area contributed by atoms with Gasteiger partial charge >= 0.3 is 5.97 Å². The van der Waals surface area contributed by atoms with E-state index in [0.717, 1.165) is 12.0 Å². The number of methoxy groups -OCH3 is 1. The third-order valence-electron chi connectivity index (χ3n) is 4.77. The van der Waals surface area contributed by atoms with E-state index in [1.165, 1.54) is 23.0 Å². The molecule has 2 nitrogen and oxygen atoms in total. The number of hydrogen-bond donors (Lipinski definition) is 0. The number of carbonyl (C=O) groups excluding carboxylic acids is 1. The van der Waals surface area contributed by atoms with Gasteiger partial charge in [0, 0.05) is 0 Å². The molecule has 138 valence electrons. The number of esters is 1. The van der Waals surface area contributed by atoms with Crippen molar-refractivity contribution in [3.05, 3.63) is 90.5 Å². The molecule has 0 saturated carbocycles. The molecular weight excluding hydrogens is 466 g/mol. The van der Waals surface area contributed by atoms with Crippen LogP contribution in [0.15, 0.2) is 84.9 Å². The largest absolute Gasteiger partial charge is 0.469 e. The number of benzene rings is 3. The maximum atomic E-state index is 12.1. The Bertz CT molecular complexity index is 840. The Hall–Kier alpha value is -1.71. The van der Waals surface area contributed by atoms with E-state index in [4.69, 9.17) is 4.74 Å². The Balaban J connectivity index is 2.08. The monoisotopic (exact) mass is 489 g/mol. The molecule has 0 saturated heterocycles. The van der Waals surface area contributed by atoms with Gasteiger partial charge in [-0.3, -0.25) is 4.79 Å². The molecule has 0 aliphatic heterocycles. The van der Waals surface area contributed by atoms with Gasteiger partial charge in [-0.2, -0.15) is 0 Å². The van der Waals surface area contributed by atoms with Gasteiger partial charge in [0.15, 0.2) is 26.9 Å². The van der Waals surface area contributed by atoms with Crippen LogP contribution in [0.25, 0.3) is 0 Å². The second-order valence-corrected chi connectivity index (χ2v) is 13.4. The van der Waals surface area contributed by atoms with E-state index in [-0.39, 0.29) is 11.9 Å². The van der Waals surface area contributed by atoms with Crippen LogP contribution in [0.2, 0.25) is 0 Å². The quantitative estimate of drug-likeness (QED) is 0.277. The summed E-state index contributed by atoms with van der Waals surface area (Å²) in [5.41, 5.74) is 1.01. The molecule has 0 N–H and O–H groups in total. The minimum Gasteiger partial charge on any atom is -0.469 e. The lowest BCUT2D eigenvalue weighted by Gasteiger charge is -2.21. The van der Waals surface area contributed by atoms with Gasteiger partial charge in [0.2, 0.25) is 0 Å². The fourth-order valence-corrected chi connectivity index (χ4v) is 8.82. The summed E-state index contributed by atoms with van der Waals surface area (Å²) in [6.07, 6.45) is 0.730. The van der Waals surface area contributed by atoms with Gasteiger partial charge in [0.05, 0.1) is 13.0 Å². The van der Waals surface area contributed by atoms with Crippen LogP contribution in [-0.4, -0.2) is 13.1 Å². The first-order valence-corrected chi connectivity index (χ1v) is 13.6. The molecule has 0 aliphatic carbocycles. The van der Waals surface area contributed by atoms with E-state index >= 15 is 0 Å². The second-order valence-electron chi connectivity index (χ2n) is 6.34. The van der Waals surface area contributed by atoms with Gasteiger partial charge in [0.25, 0.3) is 0 Å². The summed E-state index contributed by atoms with van der Waals surface area (Å²) in [4.78, 5) is 10.3. The molecule has 3 aromatic rings. The summed E-state index contributed by atoms with van der Waals surface area (Å²) in [5.74, 6) is -0.383. The molecule has 0 radical (unpaired) electrons. The highest BCUT2D eigenvalue weighted by Gasteiger charge is 2.43. The van der Waals surface area contributed by atoms with E-state index < -0.39 is 4.90 Å². The van der Waals surface area contributed by atoms with Crippen molar-refractivity contribution in [1.29, 1.82) is 0 Å². The molecule has 0 fully saturated rings. The van der Waals surface area contributed by atoms with Crippen molar-refractivity contribution in [1.82, 2.24) is 0 Å². The lowest BCUT2D eigenvalue weighted by atomic mass is 9.97. The highest BCUT2D eigenvalue weighted by atomic mass is 127. The van der Waals surface area contributed by atoms with Crippen LogP contribution in [0.5, 0.6) is 0 Å². The minimum atomic E-state index is -1.76. The van der Waals surface area contributed by atoms with Crippen molar-refractivity contribution in [3.8, 4) is 0 Å². The third-order valence-corrected chi connectivity index (χ3v) is 12.8. The van der Waals surface area contributed by atoms with Crippen LogP contribution < -0.4 is 15.9 Å². The zero-order valence-electron chi connectivity index (χ0n) is 15.5. The number of carbonyl (C=O) groups is 1. The van der Waals surface area contributed by atoms with Gasteiger partial charge < -0.3 is 4.74 Å².